The van der Waals surface area contributed by atoms with Gasteiger partial charge in [-0.3, -0.25) is 9.78 Å². The van der Waals surface area contributed by atoms with Crippen molar-refractivity contribution in [3.05, 3.63) is 77.4 Å². The zero-order valence-corrected chi connectivity index (χ0v) is 15.4. The fourth-order valence-electron chi connectivity index (χ4n) is 3.57. The number of H-pyrrole nitrogens is 1. The number of para-hydroxylation sites is 1. The van der Waals surface area contributed by atoms with Crippen LogP contribution in [-0.4, -0.2) is 33.6 Å². The number of aromatic amines is 1. The smallest absolute Gasteiger partial charge is 0.252 e. The maximum absolute atomic E-state index is 12.1. The Hall–Kier alpha value is -3.80. The van der Waals surface area contributed by atoms with E-state index in [9.17, 15) is 4.79 Å². The van der Waals surface area contributed by atoms with E-state index < -0.39 is 0 Å². The summed E-state index contributed by atoms with van der Waals surface area (Å²) in [6.07, 6.45) is 5.13. The third-order valence-corrected chi connectivity index (χ3v) is 5.12. The summed E-state index contributed by atoms with van der Waals surface area (Å²) in [4.78, 5) is 28.8. The van der Waals surface area contributed by atoms with Crippen LogP contribution in [0.2, 0.25) is 0 Å². The number of nitrogens with one attached hydrogen (secondary N) is 2. The number of pyridine rings is 2. The van der Waals surface area contributed by atoms with Crippen LogP contribution in [0.15, 0.2) is 60.0 Å². The average Bonchev–Trinajstić information content (AvgIpc) is 3.12. The van der Waals surface area contributed by atoms with Gasteiger partial charge in [-0.1, -0.05) is 18.2 Å². The van der Waals surface area contributed by atoms with Crippen LogP contribution in [0.1, 0.15) is 27.2 Å². The molecule has 0 unspecified atom stereocenters. The highest BCUT2D eigenvalue weighted by Gasteiger charge is 2.24. The second-order valence-corrected chi connectivity index (χ2v) is 6.76. The molecule has 1 aliphatic rings. The molecule has 4 aromatic rings. The van der Waals surface area contributed by atoms with Crippen molar-refractivity contribution in [3.63, 3.8) is 0 Å². The Bertz CT molecular complexity index is 1250. The fourth-order valence-corrected chi connectivity index (χ4v) is 3.57. The van der Waals surface area contributed by atoms with Crippen LogP contribution in [0.4, 0.5) is 5.82 Å². The molecule has 0 radical (unpaired) electrons. The van der Waals surface area contributed by atoms with Gasteiger partial charge < -0.3 is 10.3 Å². The van der Waals surface area contributed by atoms with Crippen molar-refractivity contribution in [3.8, 4) is 11.1 Å². The van der Waals surface area contributed by atoms with Crippen LogP contribution in [0, 0.1) is 6.92 Å². The molecule has 0 saturated carbocycles. The molecule has 0 saturated heterocycles. The number of amides is 1. The Morgan fingerprint density at radius 3 is 2.75 bits per heavy atom. The van der Waals surface area contributed by atoms with Gasteiger partial charge in [0.2, 0.25) is 0 Å². The maximum Gasteiger partial charge on any atom is 0.252 e. The van der Waals surface area contributed by atoms with Crippen LogP contribution in [-0.2, 0) is 0 Å². The van der Waals surface area contributed by atoms with Gasteiger partial charge in [0.05, 0.1) is 11.3 Å². The Morgan fingerprint density at radius 1 is 1.07 bits per heavy atom. The third kappa shape index (κ3) is 2.42. The quantitative estimate of drug-likeness (QED) is 0.509. The minimum Gasteiger partial charge on any atom is -0.355 e. The summed E-state index contributed by atoms with van der Waals surface area (Å²) in [6.45, 7) is 1.92. The summed E-state index contributed by atoms with van der Waals surface area (Å²) in [6, 6.07) is 12.3. The van der Waals surface area contributed by atoms with E-state index in [1.165, 1.54) is 0 Å². The largest absolute Gasteiger partial charge is 0.355 e. The highest BCUT2D eigenvalue weighted by atomic mass is 16.1. The zero-order chi connectivity index (χ0) is 19.3. The van der Waals surface area contributed by atoms with E-state index in [0.29, 0.717) is 5.56 Å². The minimum absolute atomic E-state index is 0.149. The van der Waals surface area contributed by atoms with E-state index in [1.54, 1.807) is 25.6 Å². The molecular formula is C22H17N5O. The van der Waals surface area contributed by atoms with Crippen molar-refractivity contribution < 1.29 is 4.79 Å². The maximum atomic E-state index is 12.1. The summed E-state index contributed by atoms with van der Waals surface area (Å²) in [7, 11) is 1.62. The molecule has 3 aromatic heterocycles. The van der Waals surface area contributed by atoms with Gasteiger partial charge in [0.25, 0.3) is 5.91 Å². The highest BCUT2D eigenvalue weighted by molar-refractivity contribution is 6.22. The summed E-state index contributed by atoms with van der Waals surface area (Å²) in [5.74, 6) is 0.578. The Labute approximate surface area is 161 Å². The molecule has 6 heteroatoms. The van der Waals surface area contributed by atoms with Crippen LogP contribution in [0.25, 0.3) is 22.0 Å². The number of fused-ring (bicyclic) bond motifs is 2. The monoisotopic (exact) mass is 367 g/mol. The number of carbonyl (C=O) groups is 1. The van der Waals surface area contributed by atoms with Gasteiger partial charge in [-0.05, 0) is 30.7 Å². The first-order valence-electron chi connectivity index (χ1n) is 9.00. The van der Waals surface area contributed by atoms with Crippen LogP contribution >= 0.6 is 0 Å². The number of hydrogen-bond acceptors (Lipinski definition) is 4. The van der Waals surface area contributed by atoms with E-state index in [4.69, 9.17) is 0 Å². The van der Waals surface area contributed by atoms with Crippen molar-refractivity contribution in [2.75, 3.05) is 7.05 Å². The molecule has 1 aromatic carbocycles. The lowest BCUT2D eigenvalue weighted by Gasteiger charge is -2.18. The van der Waals surface area contributed by atoms with Gasteiger partial charge in [-0.2, -0.15) is 0 Å². The summed E-state index contributed by atoms with van der Waals surface area (Å²) in [5, 5.41) is 3.81. The summed E-state index contributed by atoms with van der Waals surface area (Å²) in [5.41, 5.74) is 7.18. The molecule has 2 N–H and O–H groups in total. The van der Waals surface area contributed by atoms with Crippen LogP contribution < -0.4 is 5.32 Å². The Kier molecular flexibility index (Phi) is 3.58. The Morgan fingerprint density at radius 2 is 1.93 bits per heavy atom. The van der Waals surface area contributed by atoms with Crippen molar-refractivity contribution >= 4 is 28.3 Å². The number of rotatable bonds is 3. The summed E-state index contributed by atoms with van der Waals surface area (Å²) >= 11 is 0. The van der Waals surface area contributed by atoms with E-state index in [0.717, 1.165) is 50.4 Å². The molecule has 1 amide bonds. The number of nitrogens with zero attached hydrogens (tertiary/aromatic N) is 3. The topological polar surface area (TPSA) is 83.0 Å². The fraction of sp³-hybridized carbons (Fsp3) is 0.0909. The van der Waals surface area contributed by atoms with Gasteiger partial charge in [-0.25, -0.2) is 9.98 Å². The third-order valence-electron chi connectivity index (χ3n) is 5.12. The molecule has 0 bridgehead atoms. The molecule has 136 valence electrons. The SMILES string of the molecule is CNC(=O)c1cncc(-c2cnc3c(c2)C(c2cc4ccccc4[nH]2)=N3)c1C. The lowest BCUT2D eigenvalue weighted by molar-refractivity contribution is 0.0962. The van der Waals surface area contributed by atoms with Crippen molar-refractivity contribution in [1.82, 2.24) is 20.3 Å². The van der Waals surface area contributed by atoms with Crippen molar-refractivity contribution in [1.29, 1.82) is 0 Å². The zero-order valence-electron chi connectivity index (χ0n) is 15.4. The van der Waals surface area contributed by atoms with Crippen LogP contribution in [0.5, 0.6) is 0 Å². The first kappa shape index (κ1) is 16.4. The van der Waals surface area contributed by atoms with E-state index in [2.05, 4.69) is 43.5 Å². The molecule has 5 rings (SSSR count). The second-order valence-electron chi connectivity index (χ2n) is 6.76. The number of hydrogen-bond donors (Lipinski definition) is 2. The van der Waals surface area contributed by atoms with E-state index >= 15 is 0 Å². The van der Waals surface area contributed by atoms with Gasteiger partial charge in [-0.15, -0.1) is 0 Å². The van der Waals surface area contributed by atoms with Gasteiger partial charge in [0.1, 0.15) is 5.71 Å². The summed E-state index contributed by atoms with van der Waals surface area (Å²) < 4.78 is 0. The molecule has 4 heterocycles. The normalized spacial score (nSPS) is 12.3. The molecule has 0 spiro atoms. The standard InChI is InChI=1S/C22H17N5O/c1-12-16(10-24-11-17(12)22(28)23-2)14-7-15-20(27-21(15)25-9-14)19-8-13-5-3-4-6-18(13)26-19/h3-11,26H,1-2H3,(H,23,28). The number of aliphatic imine (C=N–C) groups is 1. The number of benzene rings is 1. The predicted octanol–water partition coefficient (Wildman–Crippen LogP) is 3.78. The van der Waals surface area contributed by atoms with Crippen molar-refractivity contribution in [2.24, 2.45) is 4.99 Å². The predicted molar refractivity (Wildman–Crippen MR) is 109 cm³/mol. The van der Waals surface area contributed by atoms with Gasteiger partial charge in [0, 0.05) is 53.2 Å². The lowest BCUT2D eigenvalue weighted by atomic mass is 9.95. The second kappa shape index (κ2) is 6.13. The van der Waals surface area contributed by atoms with Gasteiger partial charge >= 0.3 is 0 Å². The molecular weight excluding hydrogens is 350 g/mol. The molecule has 28 heavy (non-hydrogen) atoms. The molecule has 0 fully saturated rings. The molecule has 0 atom stereocenters. The highest BCUT2D eigenvalue weighted by Crippen LogP contribution is 2.35. The molecule has 6 nitrogen and oxygen atoms in total. The molecule has 0 aliphatic carbocycles. The lowest BCUT2D eigenvalue weighted by Crippen LogP contribution is -2.19. The van der Waals surface area contributed by atoms with E-state index in [-0.39, 0.29) is 5.91 Å². The minimum atomic E-state index is -0.149. The van der Waals surface area contributed by atoms with Gasteiger partial charge in [0.15, 0.2) is 5.82 Å². The average molecular weight is 367 g/mol. The Balaban J connectivity index is 1.56. The van der Waals surface area contributed by atoms with E-state index in [1.807, 2.05) is 25.1 Å². The molecule has 1 aliphatic heterocycles. The number of carbonyl (C=O) groups excluding carboxylic acids is 1. The number of aromatic nitrogens is 3. The van der Waals surface area contributed by atoms with Crippen molar-refractivity contribution in [2.45, 2.75) is 6.92 Å². The first-order chi connectivity index (χ1) is 13.7. The first-order valence-corrected chi connectivity index (χ1v) is 9.00. The van der Waals surface area contributed by atoms with Crippen LogP contribution in [0.3, 0.4) is 0 Å².